The molecule has 4 nitrogen and oxygen atoms in total. The lowest BCUT2D eigenvalue weighted by Crippen LogP contribution is -1.94. The molecule has 0 aliphatic rings. The molecule has 0 amide bonds. The molecule has 0 saturated heterocycles. The summed E-state index contributed by atoms with van der Waals surface area (Å²) in [5.74, 6) is 1.67. The minimum Gasteiger partial charge on any atom is -0.495 e. The van der Waals surface area contributed by atoms with Crippen molar-refractivity contribution in [2.45, 2.75) is 13.8 Å². The Balaban J connectivity index is 0.000000791. The van der Waals surface area contributed by atoms with E-state index in [9.17, 15) is 0 Å². The van der Waals surface area contributed by atoms with Gasteiger partial charge in [-0.3, -0.25) is 0 Å². The van der Waals surface area contributed by atoms with E-state index in [0.717, 1.165) is 0 Å². The first-order valence-corrected chi connectivity index (χ1v) is 4.43. The summed E-state index contributed by atoms with van der Waals surface area (Å²) in [6.45, 7) is 4.00. The van der Waals surface area contributed by atoms with Crippen LogP contribution in [0.3, 0.4) is 0 Å². The van der Waals surface area contributed by atoms with E-state index in [1.54, 1.807) is 26.5 Å². The second-order valence-electron chi connectivity index (χ2n) is 2.09. The van der Waals surface area contributed by atoms with Crippen LogP contribution in [0.2, 0.25) is 0 Å². The summed E-state index contributed by atoms with van der Waals surface area (Å²) in [5.41, 5.74) is 0. The van der Waals surface area contributed by atoms with E-state index in [-0.39, 0.29) is 0 Å². The smallest absolute Gasteiger partial charge is 0.256 e. The van der Waals surface area contributed by atoms with Crippen molar-refractivity contribution in [3.8, 4) is 17.4 Å². The largest absolute Gasteiger partial charge is 0.495 e. The number of nitrogens with zero attached hydrogens (tertiary/aromatic N) is 1. The van der Waals surface area contributed by atoms with Crippen molar-refractivity contribution in [1.82, 2.24) is 4.98 Å². The molecule has 0 N–H and O–H groups in total. The van der Waals surface area contributed by atoms with E-state index < -0.39 is 0 Å². The van der Waals surface area contributed by atoms with Gasteiger partial charge in [-0.25, -0.2) is 4.98 Å². The molecule has 0 bridgehead atoms. The van der Waals surface area contributed by atoms with E-state index >= 15 is 0 Å². The fourth-order valence-corrected chi connectivity index (χ4v) is 0.825. The third kappa shape index (κ3) is 3.12. The Morgan fingerprint density at radius 3 is 2.07 bits per heavy atom. The van der Waals surface area contributed by atoms with Gasteiger partial charge < -0.3 is 14.2 Å². The molecule has 1 heterocycles. The minimum absolute atomic E-state index is 0.457. The molecule has 14 heavy (non-hydrogen) atoms. The van der Waals surface area contributed by atoms with Crippen LogP contribution in [-0.4, -0.2) is 26.3 Å². The molecule has 4 heteroatoms. The van der Waals surface area contributed by atoms with Gasteiger partial charge in [0.2, 0.25) is 0 Å². The molecule has 0 unspecified atom stereocenters. The Labute approximate surface area is 84.8 Å². The summed E-state index contributed by atoms with van der Waals surface area (Å²) in [6, 6.07) is 1.71. The third-order valence-electron chi connectivity index (χ3n) is 1.44. The van der Waals surface area contributed by atoms with Gasteiger partial charge in [0.1, 0.15) is 5.75 Å². The zero-order chi connectivity index (χ0) is 11.0. The molecule has 0 radical (unpaired) electrons. The van der Waals surface area contributed by atoms with Crippen LogP contribution in [0.15, 0.2) is 12.3 Å². The Morgan fingerprint density at radius 2 is 1.64 bits per heavy atom. The maximum Gasteiger partial charge on any atom is 0.256 e. The van der Waals surface area contributed by atoms with Gasteiger partial charge in [-0.15, -0.1) is 0 Å². The maximum atomic E-state index is 5.01. The fourth-order valence-electron chi connectivity index (χ4n) is 0.825. The fraction of sp³-hybridized carbons (Fsp3) is 0.500. The highest BCUT2D eigenvalue weighted by Crippen LogP contribution is 2.27. The third-order valence-corrected chi connectivity index (χ3v) is 1.44. The minimum atomic E-state index is 0.457. The molecule has 0 saturated carbocycles. The highest BCUT2D eigenvalue weighted by Gasteiger charge is 2.05. The molecule has 0 atom stereocenters. The lowest BCUT2D eigenvalue weighted by atomic mass is 10.4. The SMILES string of the molecule is CC.COc1cnc(OC)c(OC)c1. The number of pyridine rings is 1. The topological polar surface area (TPSA) is 40.6 Å². The number of aromatic nitrogens is 1. The Morgan fingerprint density at radius 1 is 1.00 bits per heavy atom. The standard InChI is InChI=1S/C8H11NO3.C2H6/c1-10-6-4-7(11-2)8(12-3)9-5-6;1-2/h4-5H,1-3H3;1-2H3. The summed E-state index contributed by atoms with van der Waals surface area (Å²) in [4.78, 5) is 3.97. The first kappa shape index (κ1) is 12.6. The zero-order valence-corrected chi connectivity index (χ0v) is 9.33. The predicted octanol–water partition coefficient (Wildman–Crippen LogP) is 2.13. The average molecular weight is 199 g/mol. The molecular formula is C10H17NO3. The molecule has 0 aliphatic carbocycles. The summed E-state index contributed by atoms with van der Waals surface area (Å²) in [5, 5.41) is 0. The van der Waals surface area contributed by atoms with Crippen molar-refractivity contribution in [3.63, 3.8) is 0 Å². The number of rotatable bonds is 3. The molecule has 1 rings (SSSR count). The summed E-state index contributed by atoms with van der Waals surface area (Å²) >= 11 is 0. The predicted molar refractivity (Wildman–Crippen MR) is 55.2 cm³/mol. The van der Waals surface area contributed by atoms with Crippen molar-refractivity contribution < 1.29 is 14.2 Å². The molecule has 80 valence electrons. The van der Waals surface area contributed by atoms with Crippen molar-refractivity contribution in [2.24, 2.45) is 0 Å². The Kier molecular flexibility index (Phi) is 6.28. The quantitative estimate of drug-likeness (QED) is 0.747. The molecule has 0 spiro atoms. The Hall–Kier alpha value is -1.45. The number of ether oxygens (including phenoxy) is 3. The van der Waals surface area contributed by atoms with E-state index in [0.29, 0.717) is 17.4 Å². The van der Waals surface area contributed by atoms with Gasteiger partial charge in [0.05, 0.1) is 27.5 Å². The van der Waals surface area contributed by atoms with Gasteiger partial charge in [0.15, 0.2) is 5.75 Å². The highest BCUT2D eigenvalue weighted by atomic mass is 16.5. The van der Waals surface area contributed by atoms with Crippen LogP contribution in [-0.2, 0) is 0 Å². The second kappa shape index (κ2) is 7.00. The van der Waals surface area contributed by atoms with Crippen LogP contribution in [0.5, 0.6) is 17.4 Å². The van der Waals surface area contributed by atoms with E-state index in [4.69, 9.17) is 14.2 Å². The van der Waals surface area contributed by atoms with Gasteiger partial charge in [-0.05, 0) is 0 Å². The van der Waals surface area contributed by atoms with Crippen LogP contribution in [0, 0.1) is 0 Å². The van der Waals surface area contributed by atoms with Crippen LogP contribution < -0.4 is 14.2 Å². The van der Waals surface area contributed by atoms with Gasteiger partial charge in [-0.2, -0.15) is 0 Å². The van der Waals surface area contributed by atoms with Gasteiger partial charge in [-0.1, -0.05) is 13.8 Å². The summed E-state index contributed by atoms with van der Waals surface area (Å²) in [7, 11) is 4.67. The van der Waals surface area contributed by atoms with Crippen molar-refractivity contribution >= 4 is 0 Å². The van der Waals surface area contributed by atoms with E-state index in [2.05, 4.69) is 4.98 Å². The first-order valence-electron chi connectivity index (χ1n) is 4.43. The summed E-state index contributed by atoms with van der Waals surface area (Å²) in [6.07, 6.45) is 1.57. The van der Waals surface area contributed by atoms with Crippen molar-refractivity contribution in [1.29, 1.82) is 0 Å². The molecular weight excluding hydrogens is 182 g/mol. The normalized spacial score (nSPS) is 8.36. The molecule has 1 aromatic heterocycles. The average Bonchev–Trinajstić information content (AvgIpc) is 2.30. The highest BCUT2D eigenvalue weighted by molar-refractivity contribution is 5.38. The van der Waals surface area contributed by atoms with E-state index in [1.165, 1.54) is 7.11 Å². The molecule has 0 aromatic carbocycles. The molecule has 0 aliphatic heterocycles. The van der Waals surface area contributed by atoms with Gasteiger partial charge in [0, 0.05) is 6.07 Å². The lowest BCUT2D eigenvalue weighted by Gasteiger charge is -2.06. The van der Waals surface area contributed by atoms with Crippen LogP contribution >= 0.6 is 0 Å². The first-order chi connectivity index (χ1) is 6.81. The van der Waals surface area contributed by atoms with Crippen molar-refractivity contribution in [2.75, 3.05) is 21.3 Å². The summed E-state index contributed by atoms with van der Waals surface area (Å²) < 4.78 is 14.9. The number of hydrogen-bond donors (Lipinski definition) is 0. The second-order valence-corrected chi connectivity index (χ2v) is 2.09. The molecule has 1 aromatic rings. The van der Waals surface area contributed by atoms with Gasteiger partial charge in [0.25, 0.3) is 5.88 Å². The van der Waals surface area contributed by atoms with E-state index in [1.807, 2.05) is 13.8 Å². The van der Waals surface area contributed by atoms with Crippen LogP contribution in [0.4, 0.5) is 0 Å². The van der Waals surface area contributed by atoms with Gasteiger partial charge >= 0.3 is 0 Å². The van der Waals surface area contributed by atoms with Crippen molar-refractivity contribution in [3.05, 3.63) is 12.3 Å². The lowest BCUT2D eigenvalue weighted by molar-refractivity contribution is 0.336. The number of hydrogen-bond acceptors (Lipinski definition) is 4. The van der Waals surface area contributed by atoms with Crippen LogP contribution in [0.1, 0.15) is 13.8 Å². The Bertz CT molecular complexity index is 264. The molecule has 0 fully saturated rings. The monoisotopic (exact) mass is 199 g/mol. The zero-order valence-electron chi connectivity index (χ0n) is 9.33. The number of methoxy groups -OCH3 is 3. The van der Waals surface area contributed by atoms with Crippen LogP contribution in [0.25, 0.3) is 0 Å². The maximum absolute atomic E-state index is 5.01.